The van der Waals surface area contributed by atoms with Crippen LogP contribution in [0.3, 0.4) is 0 Å². The number of hydrogen-bond acceptors (Lipinski definition) is 1. The molecule has 1 unspecified atom stereocenters. The summed E-state index contributed by atoms with van der Waals surface area (Å²) in [6.45, 7) is 1.95. The van der Waals surface area contributed by atoms with E-state index in [1.54, 1.807) is 12.1 Å². The van der Waals surface area contributed by atoms with Crippen molar-refractivity contribution in [1.82, 2.24) is 0 Å². The molecule has 0 aliphatic rings. The highest BCUT2D eigenvalue weighted by Gasteiger charge is 2.17. The van der Waals surface area contributed by atoms with Gasteiger partial charge in [0, 0.05) is 16.5 Å². The molecule has 1 aromatic carbocycles. The van der Waals surface area contributed by atoms with Gasteiger partial charge in [0.2, 0.25) is 0 Å². The first-order valence-electron chi connectivity index (χ1n) is 5.16. The van der Waals surface area contributed by atoms with Crippen molar-refractivity contribution in [2.45, 2.75) is 31.0 Å². The molecule has 88 valence electrons. The van der Waals surface area contributed by atoms with Crippen LogP contribution in [0.5, 0.6) is 0 Å². The van der Waals surface area contributed by atoms with Crippen LogP contribution in [0.15, 0.2) is 22.7 Å². The number of hydrogen-bond donors (Lipinski definition) is 0. The van der Waals surface area contributed by atoms with Crippen LogP contribution in [0.4, 0.5) is 4.39 Å². The number of carbonyl (C=O) groups is 1. The molecule has 0 N–H and O–H groups in total. The second-order valence-corrected chi connectivity index (χ2v) is 5.55. The maximum Gasteiger partial charge on any atom is 0.146 e. The Kier molecular flexibility index (Phi) is 5.62. The van der Waals surface area contributed by atoms with Crippen LogP contribution in [0.1, 0.15) is 25.3 Å². The predicted octanol–water partition coefficient (Wildman–Crippen LogP) is 4.26. The molecule has 0 fully saturated rings. The van der Waals surface area contributed by atoms with Gasteiger partial charge in [-0.15, -0.1) is 0 Å². The molecule has 0 bridgehead atoms. The van der Waals surface area contributed by atoms with Crippen LogP contribution in [-0.4, -0.2) is 10.6 Å². The quantitative estimate of drug-likeness (QED) is 0.724. The smallest absolute Gasteiger partial charge is 0.146 e. The minimum absolute atomic E-state index is 0.123. The van der Waals surface area contributed by atoms with Crippen LogP contribution in [0.2, 0.25) is 0 Å². The number of benzene rings is 1. The van der Waals surface area contributed by atoms with Crippen LogP contribution >= 0.6 is 31.9 Å². The number of rotatable bonds is 5. The Morgan fingerprint density at radius 2 is 2.19 bits per heavy atom. The van der Waals surface area contributed by atoms with Crippen molar-refractivity contribution < 1.29 is 9.18 Å². The van der Waals surface area contributed by atoms with E-state index >= 15 is 0 Å². The average molecular weight is 352 g/mol. The van der Waals surface area contributed by atoms with E-state index in [1.807, 2.05) is 6.92 Å². The third-order valence-electron chi connectivity index (χ3n) is 2.29. The van der Waals surface area contributed by atoms with Crippen LogP contribution in [0.25, 0.3) is 0 Å². The Morgan fingerprint density at radius 3 is 2.75 bits per heavy atom. The maximum absolute atomic E-state index is 13.5. The summed E-state index contributed by atoms with van der Waals surface area (Å²) < 4.78 is 14.2. The summed E-state index contributed by atoms with van der Waals surface area (Å²) >= 11 is 6.60. The molecule has 0 amide bonds. The van der Waals surface area contributed by atoms with E-state index in [-0.39, 0.29) is 16.4 Å². The standard InChI is InChI=1S/C12H13Br2FO/c1-2-4-12(16)10(14)7-8-9(13)5-3-6-11(8)15/h3,5-6,10H,2,4,7H2,1H3. The zero-order chi connectivity index (χ0) is 12.1. The molecule has 0 saturated heterocycles. The Balaban J connectivity index is 2.76. The summed E-state index contributed by atoms with van der Waals surface area (Å²) in [4.78, 5) is 11.3. The van der Waals surface area contributed by atoms with Gasteiger partial charge in [0.25, 0.3) is 0 Å². The molecular weight excluding hydrogens is 339 g/mol. The monoisotopic (exact) mass is 350 g/mol. The van der Waals surface area contributed by atoms with Crippen LogP contribution in [-0.2, 0) is 11.2 Å². The lowest BCUT2D eigenvalue weighted by Crippen LogP contribution is -2.17. The van der Waals surface area contributed by atoms with Crippen molar-refractivity contribution in [3.05, 3.63) is 34.1 Å². The van der Waals surface area contributed by atoms with Gasteiger partial charge < -0.3 is 0 Å². The number of Topliss-reactive ketones (excluding diaryl/α,β-unsaturated/α-hetero) is 1. The highest BCUT2D eigenvalue weighted by molar-refractivity contribution is 9.10. The molecular formula is C12H13Br2FO. The van der Waals surface area contributed by atoms with Crippen LogP contribution in [0, 0.1) is 5.82 Å². The van der Waals surface area contributed by atoms with Gasteiger partial charge in [-0.3, -0.25) is 4.79 Å². The lowest BCUT2D eigenvalue weighted by Gasteiger charge is -2.10. The van der Waals surface area contributed by atoms with Gasteiger partial charge >= 0.3 is 0 Å². The number of ketones is 1. The van der Waals surface area contributed by atoms with Crippen molar-refractivity contribution in [3.63, 3.8) is 0 Å². The molecule has 0 radical (unpaired) electrons. The molecule has 0 aromatic heterocycles. The minimum Gasteiger partial charge on any atom is -0.298 e. The molecule has 1 nitrogen and oxygen atoms in total. The first-order valence-corrected chi connectivity index (χ1v) is 6.86. The van der Waals surface area contributed by atoms with E-state index in [0.717, 1.165) is 6.42 Å². The van der Waals surface area contributed by atoms with Gasteiger partial charge in [-0.1, -0.05) is 44.8 Å². The largest absolute Gasteiger partial charge is 0.298 e. The fourth-order valence-electron chi connectivity index (χ4n) is 1.42. The molecule has 4 heteroatoms. The van der Waals surface area contributed by atoms with Crippen LogP contribution < -0.4 is 0 Å². The molecule has 1 rings (SSSR count). The molecule has 0 saturated carbocycles. The minimum atomic E-state index is -0.305. The summed E-state index contributed by atoms with van der Waals surface area (Å²) in [7, 11) is 0. The Morgan fingerprint density at radius 1 is 1.50 bits per heavy atom. The molecule has 0 spiro atoms. The first-order chi connectivity index (χ1) is 7.56. The SMILES string of the molecule is CCCC(=O)C(Br)Cc1c(F)cccc1Br. The maximum atomic E-state index is 13.5. The van der Waals surface area contributed by atoms with Gasteiger partial charge in [-0.2, -0.15) is 0 Å². The number of carbonyl (C=O) groups excluding carboxylic acids is 1. The highest BCUT2D eigenvalue weighted by atomic mass is 79.9. The van der Waals surface area contributed by atoms with Gasteiger partial charge in [0.15, 0.2) is 0 Å². The predicted molar refractivity (Wildman–Crippen MR) is 70.4 cm³/mol. The van der Waals surface area contributed by atoms with Gasteiger partial charge in [-0.05, 0) is 25.0 Å². The zero-order valence-corrected chi connectivity index (χ0v) is 12.1. The van der Waals surface area contributed by atoms with Gasteiger partial charge in [0.05, 0.1) is 4.83 Å². The number of halogens is 3. The van der Waals surface area contributed by atoms with Crippen molar-refractivity contribution in [3.8, 4) is 0 Å². The normalized spacial score (nSPS) is 12.5. The third kappa shape index (κ3) is 3.67. The molecule has 0 aliphatic heterocycles. The fraction of sp³-hybridized carbons (Fsp3) is 0.417. The van der Waals surface area contributed by atoms with E-state index in [9.17, 15) is 9.18 Å². The van der Waals surface area contributed by atoms with E-state index < -0.39 is 0 Å². The first kappa shape index (κ1) is 13.8. The van der Waals surface area contributed by atoms with Crippen molar-refractivity contribution in [1.29, 1.82) is 0 Å². The summed E-state index contributed by atoms with van der Waals surface area (Å²) in [6, 6.07) is 4.83. The molecule has 1 atom stereocenters. The second-order valence-electron chi connectivity index (χ2n) is 3.59. The summed E-state index contributed by atoms with van der Waals surface area (Å²) in [6.07, 6.45) is 1.73. The lowest BCUT2D eigenvalue weighted by molar-refractivity contribution is -0.118. The zero-order valence-electron chi connectivity index (χ0n) is 8.97. The van der Waals surface area contributed by atoms with E-state index in [1.165, 1.54) is 6.07 Å². The van der Waals surface area contributed by atoms with Crippen molar-refractivity contribution in [2.24, 2.45) is 0 Å². The van der Waals surface area contributed by atoms with E-state index in [0.29, 0.717) is 22.9 Å². The summed E-state index contributed by atoms with van der Waals surface area (Å²) in [5, 5.41) is 0. The Labute approximate surface area is 112 Å². The summed E-state index contributed by atoms with van der Waals surface area (Å²) in [5.41, 5.74) is 0.550. The van der Waals surface area contributed by atoms with Crippen molar-refractivity contribution in [2.75, 3.05) is 0 Å². The lowest BCUT2D eigenvalue weighted by atomic mass is 10.0. The van der Waals surface area contributed by atoms with E-state index in [4.69, 9.17) is 0 Å². The Hall–Kier alpha value is -0.220. The molecule has 1 aromatic rings. The summed E-state index contributed by atoms with van der Waals surface area (Å²) in [5.74, 6) is -0.152. The second kappa shape index (κ2) is 6.50. The molecule has 0 aliphatic carbocycles. The number of alkyl halides is 1. The molecule has 0 heterocycles. The topological polar surface area (TPSA) is 17.1 Å². The Bertz CT molecular complexity index is 359. The molecule has 16 heavy (non-hydrogen) atoms. The van der Waals surface area contributed by atoms with Gasteiger partial charge in [0.1, 0.15) is 11.6 Å². The van der Waals surface area contributed by atoms with Gasteiger partial charge in [-0.25, -0.2) is 4.39 Å². The van der Waals surface area contributed by atoms with Crippen molar-refractivity contribution >= 4 is 37.6 Å². The average Bonchev–Trinajstić information content (AvgIpc) is 2.23. The van der Waals surface area contributed by atoms with E-state index in [2.05, 4.69) is 31.9 Å². The highest BCUT2D eigenvalue weighted by Crippen LogP contribution is 2.23. The fourth-order valence-corrected chi connectivity index (χ4v) is 2.48. The third-order valence-corrected chi connectivity index (χ3v) is 3.87.